The van der Waals surface area contributed by atoms with Gasteiger partial charge < -0.3 is 0 Å². The van der Waals surface area contributed by atoms with E-state index in [4.69, 9.17) is 0 Å². The summed E-state index contributed by atoms with van der Waals surface area (Å²) in [5.74, 6) is -0.548. The summed E-state index contributed by atoms with van der Waals surface area (Å²) in [4.78, 5) is 20.8. The van der Waals surface area contributed by atoms with Gasteiger partial charge in [-0.3, -0.25) is 14.9 Å². The third-order valence-electron chi connectivity index (χ3n) is 1.93. The van der Waals surface area contributed by atoms with Crippen LogP contribution in [0.4, 0.5) is 14.5 Å². The van der Waals surface area contributed by atoms with Crippen molar-refractivity contribution in [2.45, 2.75) is 13.3 Å². The van der Waals surface area contributed by atoms with Crippen molar-refractivity contribution in [3.8, 4) is 0 Å². The van der Waals surface area contributed by atoms with Gasteiger partial charge >= 0.3 is 0 Å². The van der Waals surface area contributed by atoms with E-state index < -0.39 is 28.4 Å². The number of carbonyl (C=O) groups excluding carboxylic acids is 1. The Labute approximate surface area is 97.5 Å². The fraction of sp³-hybridized carbons (Fsp3) is 0.222. The van der Waals surface area contributed by atoms with Crippen LogP contribution >= 0.6 is 15.9 Å². The molecule has 0 saturated carbocycles. The highest BCUT2D eigenvalue weighted by Crippen LogP contribution is 2.33. The molecule has 0 spiro atoms. The number of hydrogen-bond donors (Lipinski definition) is 0. The first-order chi connectivity index (χ1) is 7.34. The molecule has 0 aromatic heterocycles. The smallest absolute Gasteiger partial charge is 0.280 e. The van der Waals surface area contributed by atoms with E-state index in [0.29, 0.717) is 6.07 Å². The van der Waals surface area contributed by atoms with Crippen LogP contribution in [0.3, 0.4) is 0 Å². The second-order valence-corrected chi connectivity index (χ2v) is 3.86. The van der Waals surface area contributed by atoms with E-state index in [9.17, 15) is 23.7 Å². The van der Waals surface area contributed by atoms with Crippen molar-refractivity contribution >= 4 is 27.4 Å². The van der Waals surface area contributed by atoms with Gasteiger partial charge in [-0.2, -0.15) is 0 Å². The zero-order valence-corrected chi connectivity index (χ0v) is 9.62. The topological polar surface area (TPSA) is 60.2 Å². The predicted molar refractivity (Wildman–Crippen MR) is 55.8 cm³/mol. The molecule has 0 radical (unpaired) electrons. The van der Waals surface area contributed by atoms with E-state index in [1.54, 1.807) is 0 Å². The maximum Gasteiger partial charge on any atom is 0.280 e. The Bertz CT molecular complexity index is 462. The van der Waals surface area contributed by atoms with E-state index >= 15 is 0 Å². The summed E-state index contributed by atoms with van der Waals surface area (Å²) in [5, 5.41) is 10.6. The monoisotopic (exact) mass is 293 g/mol. The molecular weight excluding hydrogens is 288 g/mol. The Kier molecular flexibility index (Phi) is 3.69. The number of benzene rings is 1. The molecule has 16 heavy (non-hydrogen) atoms. The first-order valence-electron chi connectivity index (χ1n) is 4.11. The Morgan fingerprint density at radius 1 is 1.50 bits per heavy atom. The Morgan fingerprint density at radius 3 is 2.44 bits per heavy atom. The number of rotatable bonds is 3. The lowest BCUT2D eigenvalue weighted by molar-refractivity contribution is -0.385. The molecule has 0 fully saturated rings. The standard InChI is InChI=1S/C9H6BrF2NO3/c1-4(14)5-2-7(10)6(9(11)12)3-8(5)13(15)16/h2-3,9H,1H3. The average molecular weight is 294 g/mol. The van der Waals surface area contributed by atoms with Crippen molar-refractivity contribution in [3.05, 3.63) is 37.8 Å². The highest BCUT2D eigenvalue weighted by molar-refractivity contribution is 9.10. The lowest BCUT2D eigenvalue weighted by Crippen LogP contribution is -2.02. The molecule has 1 aromatic rings. The Balaban J connectivity index is 3.49. The first-order valence-corrected chi connectivity index (χ1v) is 4.90. The van der Waals surface area contributed by atoms with Gasteiger partial charge in [0.1, 0.15) is 0 Å². The molecule has 0 aliphatic carbocycles. The maximum absolute atomic E-state index is 12.5. The third kappa shape index (κ3) is 2.41. The van der Waals surface area contributed by atoms with Gasteiger partial charge in [0.2, 0.25) is 0 Å². The van der Waals surface area contributed by atoms with E-state index in [0.717, 1.165) is 13.0 Å². The number of halogens is 3. The summed E-state index contributed by atoms with van der Waals surface area (Å²) in [7, 11) is 0. The normalized spacial score (nSPS) is 10.6. The quantitative estimate of drug-likeness (QED) is 0.487. The summed E-state index contributed by atoms with van der Waals surface area (Å²) in [6.45, 7) is 1.14. The molecule has 0 amide bonds. The fourth-order valence-corrected chi connectivity index (χ4v) is 1.69. The van der Waals surface area contributed by atoms with Crippen LogP contribution in [-0.2, 0) is 0 Å². The van der Waals surface area contributed by atoms with Crippen LogP contribution in [-0.4, -0.2) is 10.7 Å². The van der Waals surface area contributed by atoms with E-state index in [-0.39, 0.29) is 10.0 Å². The molecule has 86 valence electrons. The number of Topliss-reactive ketones (excluding diaryl/α,β-unsaturated/α-hetero) is 1. The Hall–Kier alpha value is -1.37. The van der Waals surface area contributed by atoms with Crippen molar-refractivity contribution < 1.29 is 18.5 Å². The molecule has 0 atom stereocenters. The molecule has 0 aliphatic rings. The summed E-state index contributed by atoms with van der Waals surface area (Å²) < 4.78 is 24.9. The molecular formula is C9H6BrF2NO3. The van der Waals surface area contributed by atoms with Crippen molar-refractivity contribution in [3.63, 3.8) is 0 Å². The van der Waals surface area contributed by atoms with Crippen LogP contribution in [0, 0.1) is 10.1 Å². The number of nitro benzene ring substituents is 1. The van der Waals surface area contributed by atoms with Crippen LogP contribution in [0.2, 0.25) is 0 Å². The zero-order valence-electron chi connectivity index (χ0n) is 8.04. The fourth-order valence-electron chi connectivity index (χ4n) is 1.18. The van der Waals surface area contributed by atoms with Crippen LogP contribution in [0.5, 0.6) is 0 Å². The van der Waals surface area contributed by atoms with Gasteiger partial charge in [0.15, 0.2) is 5.78 Å². The summed E-state index contributed by atoms with van der Waals surface area (Å²) in [6.07, 6.45) is -2.84. The summed E-state index contributed by atoms with van der Waals surface area (Å²) >= 11 is 2.84. The predicted octanol–water partition coefficient (Wildman–Crippen LogP) is 3.50. The molecule has 0 heterocycles. The number of ketones is 1. The van der Waals surface area contributed by atoms with Gasteiger partial charge in [0.05, 0.1) is 10.5 Å². The lowest BCUT2D eigenvalue weighted by atomic mass is 10.1. The van der Waals surface area contributed by atoms with E-state index in [2.05, 4.69) is 15.9 Å². The van der Waals surface area contributed by atoms with Crippen molar-refractivity contribution in [2.75, 3.05) is 0 Å². The lowest BCUT2D eigenvalue weighted by Gasteiger charge is -2.05. The van der Waals surface area contributed by atoms with Crippen LogP contribution in [0.25, 0.3) is 0 Å². The highest BCUT2D eigenvalue weighted by Gasteiger charge is 2.23. The Morgan fingerprint density at radius 2 is 2.06 bits per heavy atom. The molecule has 1 rings (SSSR count). The minimum atomic E-state index is -2.84. The number of carbonyl (C=O) groups is 1. The van der Waals surface area contributed by atoms with Gasteiger partial charge in [0, 0.05) is 16.1 Å². The molecule has 1 aromatic carbocycles. The molecule has 4 nitrogen and oxygen atoms in total. The largest absolute Gasteiger partial charge is 0.294 e. The van der Waals surface area contributed by atoms with Crippen molar-refractivity contribution in [1.29, 1.82) is 0 Å². The number of alkyl halides is 2. The number of nitrogens with zero attached hydrogens (tertiary/aromatic N) is 1. The van der Waals surface area contributed by atoms with Gasteiger partial charge in [-0.25, -0.2) is 8.78 Å². The minimum absolute atomic E-state index is 0.0155. The van der Waals surface area contributed by atoms with Crippen LogP contribution < -0.4 is 0 Å². The molecule has 0 bridgehead atoms. The highest BCUT2D eigenvalue weighted by atomic mass is 79.9. The molecule has 7 heteroatoms. The summed E-state index contributed by atoms with van der Waals surface area (Å²) in [6, 6.07) is 1.76. The van der Waals surface area contributed by atoms with Crippen molar-refractivity contribution in [1.82, 2.24) is 0 Å². The van der Waals surface area contributed by atoms with Gasteiger partial charge in [0.25, 0.3) is 12.1 Å². The molecule has 0 N–H and O–H groups in total. The van der Waals surface area contributed by atoms with E-state index in [1.165, 1.54) is 0 Å². The number of hydrogen-bond acceptors (Lipinski definition) is 3. The average Bonchev–Trinajstić information content (AvgIpc) is 2.15. The minimum Gasteiger partial charge on any atom is -0.294 e. The second kappa shape index (κ2) is 4.65. The zero-order chi connectivity index (χ0) is 12.5. The van der Waals surface area contributed by atoms with Crippen molar-refractivity contribution in [2.24, 2.45) is 0 Å². The van der Waals surface area contributed by atoms with Gasteiger partial charge in [-0.15, -0.1) is 0 Å². The van der Waals surface area contributed by atoms with E-state index in [1.807, 2.05) is 0 Å². The molecule has 0 saturated heterocycles. The van der Waals surface area contributed by atoms with Gasteiger partial charge in [-0.1, -0.05) is 15.9 Å². The second-order valence-electron chi connectivity index (χ2n) is 3.00. The molecule has 0 unspecified atom stereocenters. The third-order valence-corrected chi connectivity index (χ3v) is 2.61. The maximum atomic E-state index is 12.5. The number of nitro groups is 1. The van der Waals surface area contributed by atoms with Crippen LogP contribution in [0.1, 0.15) is 29.3 Å². The molecule has 0 aliphatic heterocycles. The first kappa shape index (κ1) is 12.7. The van der Waals surface area contributed by atoms with Crippen LogP contribution in [0.15, 0.2) is 16.6 Å². The SMILES string of the molecule is CC(=O)c1cc(Br)c(C(F)F)cc1[N+](=O)[O-]. The summed E-state index contributed by atoms with van der Waals surface area (Å²) in [5.41, 5.74) is -1.30. The van der Waals surface area contributed by atoms with Gasteiger partial charge in [-0.05, 0) is 13.0 Å².